The van der Waals surface area contributed by atoms with Gasteiger partial charge in [-0.1, -0.05) is 42.0 Å². The molecule has 3 rings (SSSR count). The predicted molar refractivity (Wildman–Crippen MR) is 114 cm³/mol. The second-order valence-corrected chi connectivity index (χ2v) is 10.2. The lowest BCUT2D eigenvalue weighted by molar-refractivity contribution is 0.0953. The second kappa shape index (κ2) is 8.29. The molecule has 1 amide bonds. The third-order valence-electron chi connectivity index (χ3n) is 4.82. The van der Waals surface area contributed by atoms with E-state index in [-0.39, 0.29) is 12.5 Å². The maximum absolute atomic E-state index is 13.2. The molecule has 6 heteroatoms. The monoisotopic (exact) mass is 413 g/mol. The van der Waals surface area contributed by atoms with Gasteiger partial charge in [-0.3, -0.25) is 4.79 Å². The van der Waals surface area contributed by atoms with Crippen LogP contribution in [-0.4, -0.2) is 20.9 Å². The minimum absolute atomic E-state index is 0.00898. The molecule has 0 aliphatic rings. The number of amides is 1. The number of benzene rings is 2. The molecule has 0 aliphatic heterocycles. The van der Waals surface area contributed by atoms with Gasteiger partial charge in [-0.25, -0.2) is 8.42 Å². The smallest absolute Gasteiger partial charge is 0.251 e. The van der Waals surface area contributed by atoms with Crippen molar-refractivity contribution in [3.63, 3.8) is 0 Å². The Labute approximate surface area is 170 Å². The van der Waals surface area contributed by atoms with Crippen molar-refractivity contribution in [1.82, 2.24) is 5.32 Å². The van der Waals surface area contributed by atoms with Crippen molar-refractivity contribution in [2.45, 2.75) is 30.2 Å². The maximum atomic E-state index is 13.2. The van der Waals surface area contributed by atoms with Crippen LogP contribution in [0.5, 0.6) is 0 Å². The van der Waals surface area contributed by atoms with Gasteiger partial charge in [-0.15, -0.1) is 11.3 Å². The molecule has 1 aromatic heterocycles. The Morgan fingerprint density at radius 3 is 2.32 bits per heavy atom. The molecule has 146 valence electrons. The van der Waals surface area contributed by atoms with Crippen LogP contribution >= 0.6 is 11.3 Å². The average molecular weight is 414 g/mol. The summed E-state index contributed by atoms with van der Waals surface area (Å²) in [5.41, 5.74) is 4.37. The number of aryl methyl sites for hydroxylation is 3. The molecular formula is C22H23NO3S2. The quantitative estimate of drug-likeness (QED) is 0.641. The summed E-state index contributed by atoms with van der Waals surface area (Å²) >= 11 is 1.19. The van der Waals surface area contributed by atoms with Gasteiger partial charge in [0.25, 0.3) is 5.91 Å². The number of carbonyl (C=O) groups excluding carboxylic acids is 1. The van der Waals surface area contributed by atoms with E-state index < -0.39 is 15.1 Å². The molecule has 0 unspecified atom stereocenters. The van der Waals surface area contributed by atoms with Gasteiger partial charge in [0.15, 0.2) is 9.84 Å². The number of hydrogen-bond acceptors (Lipinski definition) is 4. The summed E-state index contributed by atoms with van der Waals surface area (Å²) in [6, 6.07) is 16.2. The minimum atomic E-state index is -3.61. The zero-order valence-corrected chi connectivity index (χ0v) is 17.7. The summed E-state index contributed by atoms with van der Waals surface area (Å²) in [6.07, 6.45) is 0. The molecule has 1 atom stereocenters. The zero-order chi connectivity index (χ0) is 20.3. The standard InChI is InChI=1S/C22H23NO3S2/c1-15-6-9-18(10-7-15)20(28(25,26)21-5-4-12-27-21)14-23-22(24)19-11-8-16(2)17(3)13-19/h4-13,20H,14H2,1-3H3,(H,23,24)/t20-/m1/s1. The Hall–Kier alpha value is -2.44. The third kappa shape index (κ3) is 4.34. The van der Waals surface area contributed by atoms with Crippen molar-refractivity contribution < 1.29 is 13.2 Å². The van der Waals surface area contributed by atoms with E-state index in [1.165, 1.54) is 11.3 Å². The fourth-order valence-corrected chi connectivity index (χ4v) is 5.79. The minimum Gasteiger partial charge on any atom is -0.350 e. The number of rotatable bonds is 6. The molecule has 0 fully saturated rings. The highest BCUT2D eigenvalue weighted by molar-refractivity contribution is 7.93. The van der Waals surface area contributed by atoms with Crippen molar-refractivity contribution >= 4 is 27.1 Å². The first-order valence-electron chi connectivity index (χ1n) is 8.98. The Morgan fingerprint density at radius 1 is 1.00 bits per heavy atom. The van der Waals surface area contributed by atoms with Crippen molar-refractivity contribution in [2.24, 2.45) is 0 Å². The first-order chi connectivity index (χ1) is 13.3. The van der Waals surface area contributed by atoms with E-state index in [0.717, 1.165) is 16.7 Å². The molecule has 2 aromatic carbocycles. The number of thiophene rings is 1. The molecule has 1 heterocycles. The number of hydrogen-bond donors (Lipinski definition) is 1. The fraction of sp³-hybridized carbons (Fsp3) is 0.227. The second-order valence-electron chi connectivity index (χ2n) is 6.89. The lowest BCUT2D eigenvalue weighted by Crippen LogP contribution is -2.31. The van der Waals surface area contributed by atoms with Crippen LogP contribution in [0.25, 0.3) is 0 Å². The molecule has 0 saturated carbocycles. The molecule has 0 saturated heterocycles. The van der Waals surface area contributed by atoms with Crippen LogP contribution in [0.4, 0.5) is 0 Å². The highest BCUT2D eigenvalue weighted by Gasteiger charge is 2.30. The molecule has 3 aromatic rings. The Balaban J connectivity index is 1.88. The Bertz CT molecular complexity index is 1070. The van der Waals surface area contributed by atoms with E-state index in [1.807, 2.05) is 57.2 Å². The zero-order valence-electron chi connectivity index (χ0n) is 16.1. The van der Waals surface area contributed by atoms with E-state index >= 15 is 0 Å². The van der Waals surface area contributed by atoms with Gasteiger partial charge < -0.3 is 5.32 Å². The highest BCUT2D eigenvalue weighted by atomic mass is 32.2. The van der Waals surface area contributed by atoms with Crippen LogP contribution < -0.4 is 5.32 Å². The van der Waals surface area contributed by atoms with Gasteiger partial charge in [-0.2, -0.15) is 0 Å². The van der Waals surface area contributed by atoms with Gasteiger partial charge in [0, 0.05) is 12.1 Å². The van der Waals surface area contributed by atoms with E-state index in [1.54, 1.807) is 23.6 Å². The van der Waals surface area contributed by atoms with E-state index in [0.29, 0.717) is 15.3 Å². The lowest BCUT2D eigenvalue weighted by Gasteiger charge is -2.18. The fourth-order valence-electron chi connectivity index (χ4n) is 2.92. The van der Waals surface area contributed by atoms with Crippen molar-refractivity contribution in [3.05, 3.63) is 87.8 Å². The van der Waals surface area contributed by atoms with Crippen LogP contribution in [0, 0.1) is 20.8 Å². The lowest BCUT2D eigenvalue weighted by atomic mass is 10.1. The van der Waals surface area contributed by atoms with Gasteiger partial charge in [0.1, 0.15) is 9.46 Å². The molecule has 28 heavy (non-hydrogen) atoms. The molecule has 0 aliphatic carbocycles. The van der Waals surface area contributed by atoms with Crippen molar-refractivity contribution in [3.8, 4) is 0 Å². The molecule has 0 bridgehead atoms. The van der Waals surface area contributed by atoms with E-state index in [4.69, 9.17) is 0 Å². The molecular weight excluding hydrogens is 390 g/mol. The summed E-state index contributed by atoms with van der Waals surface area (Å²) in [5, 5.41) is 3.71. The molecule has 0 radical (unpaired) electrons. The van der Waals surface area contributed by atoms with E-state index in [9.17, 15) is 13.2 Å². The summed E-state index contributed by atoms with van der Waals surface area (Å²) < 4.78 is 26.7. The van der Waals surface area contributed by atoms with Gasteiger partial charge in [-0.05, 0) is 61.0 Å². The van der Waals surface area contributed by atoms with Gasteiger partial charge in [0.05, 0.1) is 0 Å². The van der Waals surface area contributed by atoms with E-state index in [2.05, 4.69) is 5.32 Å². The molecule has 0 spiro atoms. The highest BCUT2D eigenvalue weighted by Crippen LogP contribution is 2.31. The predicted octanol–water partition coefficient (Wildman–Crippen LogP) is 4.62. The summed E-state index contributed by atoms with van der Waals surface area (Å²) in [6.45, 7) is 5.89. The molecule has 4 nitrogen and oxygen atoms in total. The van der Waals surface area contributed by atoms with Crippen LogP contribution in [0.1, 0.15) is 37.9 Å². The van der Waals surface area contributed by atoms with Crippen molar-refractivity contribution in [1.29, 1.82) is 0 Å². The first-order valence-corrected chi connectivity index (χ1v) is 11.4. The van der Waals surface area contributed by atoms with Crippen LogP contribution in [0.3, 0.4) is 0 Å². The summed E-state index contributed by atoms with van der Waals surface area (Å²) in [5.74, 6) is -0.276. The Morgan fingerprint density at radius 2 is 1.71 bits per heavy atom. The topological polar surface area (TPSA) is 63.2 Å². The third-order valence-corrected chi connectivity index (χ3v) is 8.35. The number of carbonyl (C=O) groups is 1. The SMILES string of the molecule is Cc1ccc([C@@H](CNC(=O)c2ccc(C)c(C)c2)S(=O)(=O)c2cccs2)cc1. The van der Waals surface area contributed by atoms with Gasteiger partial charge >= 0.3 is 0 Å². The van der Waals surface area contributed by atoms with Crippen molar-refractivity contribution in [2.75, 3.05) is 6.54 Å². The summed E-state index contributed by atoms with van der Waals surface area (Å²) in [4.78, 5) is 12.6. The van der Waals surface area contributed by atoms with Crippen LogP contribution in [-0.2, 0) is 9.84 Å². The maximum Gasteiger partial charge on any atom is 0.251 e. The number of sulfone groups is 1. The van der Waals surface area contributed by atoms with Gasteiger partial charge in [0.2, 0.25) is 0 Å². The Kier molecular flexibility index (Phi) is 6.01. The average Bonchev–Trinajstić information content (AvgIpc) is 3.21. The molecule has 1 N–H and O–H groups in total. The normalized spacial score (nSPS) is 12.5. The van der Waals surface area contributed by atoms with Crippen LogP contribution in [0.2, 0.25) is 0 Å². The summed E-state index contributed by atoms with van der Waals surface area (Å²) in [7, 11) is -3.61. The largest absolute Gasteiger partial charge is 0.350 e. The first kappa shape index (κ1) is 20.3. The number of nitrogens with one attached hydrogen (secondary N) is 1. The van der Waals surface area contributed by atoms with Crippen LogP contribution in [0.15, 0.2) is 64.2 Å².